The predicted octanol–water partition coefficient (Wildman–Crippen LogP) is 5.06. The third-order valence-corrected chi connectivity index (χ3v) is 3.81. The smallest absolute Gasteiger partial charge is 0.0818 e. The van der Waals surface area contributed by atoms with Gasteiger partial charge in [0.25, 0.3) is 0 Å². The Morgan fingerprint density at radius 1 is 0.947 bits per heavy atom. The molecule has 1 rings (SSSR count). The molecule has 1 unspecified atom stereocenters. The molecule has 108 valence electrons. The summed E-state index contributed by atoms with van der Waals surface area (Å²) in [6.45, 7) is 8.65. The van der Waals surface area contributed by atoms with Crippen molar-refractivity contribution in [2.75, 3.05) is 0 Å². The quantitative estimate of drug-likeness (QED) is 0.694. The molecule has 0 fully saturated rings. The van der Waals surface area contributed by atoms with Crippen LogP contribution in [0.5, 0.6) is 0 Å². The van der Waals surface area contributed by atoms with Crippen molar-refractivity contribution < 1.29 is 5.11 Å². The summed E-state index contributed by atoms with van der Waals surface area (Å²) in [4.78, 5) is 0. The zero-order chi connectivity index (χ0) is 14.3. The standard InChI is InChI=1S/C18H30O/c1-5-7-10-15-12-9-13-16(11-8-6-2)17(15)18(19)14(3)4/h9,12-14,18-19H,5-8,10-11H2,1-4H3. The van der Waals surface area contributed by atoms with Gasteiger partial charge in [-0.2, -0.15) is 0 Å². The molecule has 1 nitrogen and oxygen atoms in total. The lowest BCUT2D eigenvalue weighted by molar-refractivity contribution is 0.125. The molecule has 0 aliphatic heterocycles. The van der Waals surface area contributed by atoms with E-state index in [1.54, 1.807) is 0 Å². The lowest BCUT2D eigenvalue weighted by Crippen LogP contribution is -2.12. The monoisotopic (exact) mass is 262 g/mol. The zero-order valence-corrected chi connectivity index (χ0v) is 13.1. The third kappa shape index (κ3) is 4.65. The number of aliphatic hydroxyl groups is 1. The van der Waals surface area contributed by atoms with E-state index in [-0.39, 0.29) is 12.0 Å². The average Bonchev–Trinajstić information content (AvgIpc) is 2.41. The van der Waals surface area contributed by atoms with E-state index in [2.05, 4.69) is 45.9 Å². The van der Waals surface area contributed by atoms with E-state index in [0.717, 1.165) is 12.8 Å². The molecule has 19 heavy (non-hydrogen) atoms. The highest BCUT2D eigenvalue weighted by molar-refractivity contribution is 5.37. The molecule has 0 aliphatic rings. The van der Waals surface area contributed by atoms with Crippen molar-refractivity contribution in [2.24, 2.45) is 5.92 Å². The van der Waals surface area contributed by atoms with Crippen molar-refractivity contribution >= 4 is 0 Å². The largest absolute Gasteiger partial charge is 0.388 e. The number of aryl methyl sites for hydroxylation is 2. The van der Waals surface area contributed by atoms with Crippen LogP contribution in [0.4, 0.5) is 0 Å². The van der Waals surface area contributed by atoms with E-state index >= 15 is 0 Å². The minimum atomic E-state index is -0.320. The molecule has 1 aromatic carbocycles. The average molecular weight is 262 g/mol. The van der Waals surface area contributed by atoms with Gasteiger partial charge in [0.1, 0.15) is 0 Å². The maximum Gasteiger partial charge on any atom is 0.0818 e. The number of hydrogen-bond acceptors (Lipinski definition) is 1. The molecule has 1 N–H and O–H groups in total. The second-order valence-corrected chi connectivity index (χ2v) is 5.89. The molecule has 0 aliphatic carbocycles. The van der Waals surface area contributed by atoms with Crippen LogP contribution in [0.1, 0.15) is 76.2 Å². The van der Waals surface area contributed by atoms with E-state index in [0.29, 0.717) is 0 Å². The number of benzene rings is 1. The first kappa shape index (κ1) is 16.2. The van der Waals surface area contributed by atoms with Gasteiger partial charge in [0.05, 0.1) is 6.10 Å². The highest BCUT2D eigenvalue weighted by Crippen LogP contribution is 2.30. The van der Waals surface area contributed by atoms with Crippen molar-refractivity contribution in [3.8, 4) is 0 Å². The van der Waals surface area contributed by atoms with Crippen molar-refractivity contribution in [2.45, 2.75) is 72.3 Å². The Hall–Kier alpha value is -0.820. The van der Waals surface area contributed by atoms with Crippen molar-refractivity contribution in [3.63, 3.8) is 0 Å². The summed E-state index contributed by atoms with van der Waals surface area (Å²) >= 11 is 0. The van der Waals surface area contributed by atoms with Crippen LogP contribution in [0.25, 0.3) is 0 Å². The lowest BCUT2D eigenvalue weighted by atomic mass is 9.87. The summed E-state index contributed by atoms with van der Waals surface area (Å²) in [5, 5.41) is 10.6. The fourth-order valence-corrected chi connectivity index (χ4v) is 2.55. The van der Waals surface area contributed by atoms with Gasteiger partial charge in [-0.05, 0) is 48.3 Å². The minimum Gasteiger partial charge on any atom is -0.388 e. The Balaban J connectivity index is 3.07. The third-order valence-electron chi connectivity index (χ3n) is 3.81. The molecule has 0 bridgehead atoms. The molecule has 0 aromatic heterocycles. The second-order valence-electron chi connectivity index (χ2n) is 5.89. The van der Waals surface area contributed by atoms with Crippen LogP contribution in [0.3, 0.4) is 0 Å². The van der Waals surface area contributed by atoms with Gasteiger partial charge in [-0.15, -0.1) is 0 Å². The number of aliphatic hydroxyl groups excluding tert-OH is 1. The van der Waals surface area contributed by atoms with Crippen LogP contribution < -0.4 is 0 Å². The van der Waals surface area contributed by atoms with E-state index in [1.165, 1.54) is 42.4 Å². The summed E-state index contributed by atoms with van der Waals surface area (Å²) < 4.78 is 0. The Labute approximate surface area is 119 Å². The normalized spacial score (nSPS) is 12.9. The van der Waals surface area contributed by atoms with E-state index in [4.69, 9.17) is 0 Å². The van der Waals surface area contributed by atoms with Gasteiger partial charge in [0, 0.05) is 0 Å². The SMILES string of the molecule is CCCCc1cccc(CCCC)c1C(O)C(C)C. The fourth-order valence-electron chi connectivity index (χ4n) is 2.55. The van der Waals surface area contributed by atoms with Crippen molar-refractivity contribution in [1.82, 2.24) is 0 Å². The number of unbranched alkanes of at least 4 members (excludes halogenated alkanes) is 2. The molecular weight excluding hydrogens is 232 g/mol. The van der Waals surface area contributed by atoms with Crippen LogP contribution in [-0.2, 0) is 12.8 Å². The van der Waals surface area contributed by atoms with Crippen molar-refractivity contribution in [3.05, 3.63) is 34.9 Å². The summed E-state index contributed by atoms with van der Waals surface area (Å²) in [6, 6.07) is 6.56. The van der Waals surface area contributed by atoms with E-state index in [9.17, 15) is 5.11 Å². The molecule has 0 amide bonds. The summed E-state index contributed by atoms with van der Waals surface area (Å²) in [7, 11) is 0. The zero-order valence-electron chi connectivity index (χ0n) is 13.1. The Bertz CT molecular complexity index is 342. The van der Waals surface area contributed by atoms with Crippen molar-refractivity contribution in [1.29, 1.82) is 0 Å². The van der Waals surface area contributed by atoms with Gasteiger partial charge in [0.2, 0.25) is 0 Å². The molecule has 0 saturated carbocycles. The Morgan fingerprint density at radius 2 is 1.42 bits per heavy atom. The first-order chi connectivity index (χ1) is 9.11. The summed E-state index contributed by atoms with van der Waals surface area (Å²) in [5.74, 6) is 0.281. The molecule has 1 heteroatoms. The summed E-state index contributed by atoms with van der Waals surface area (Å²) in [5.41, 5.74) is 3.94. The van der Waals surface area contributed by atoms with Gasteiger partial charge in [-0.3, -0.25) is 0 Å². The maximum atomic E-state index is 10.6. The molecule has 0 saturated heterocycles. The Kier molecular flexibility index (Phi) is 7.15. The van der Waals surface area contributed by atoms with Gasteiger partial charge in [0.15, 0.2) is 0 Å². The van der Waals surface area contributed by atoms with Gasteiger partial charge in [-0.25, -0.2) is 0 Å². The first-order valence-corrected chi connectivity index (χ1v) is 7.90. The van der Waals surface area contributed by atoms with Crippen LogP contribution in [0.15, 0.2) is 18.2 Å². The van der Waals surface area contributed by atoms with Gasteiger partial charge < -0.3 is 5.11 Å². The molecule has 0 heterocycles. The van der Waals surface area contributed by atoms with Crippen LogP contribution in [0, 0.1) is 5.92 Å². The number of rotatable bonds is 8. The lowest BCUT2D eigenvalue weighted by Gasteiger charge is -2.22. The molecule has 0 spiro atoms. The number of hydrogen-bond donors (Lipinski definition) is 1. The first-order valence-electron chi connectivity index (χ1n) is 7.90. The van der Waals surface area contributed by atoms with E-state index < -0.39 is 0 Å². The molecule has 1 atom stereocenters. The maximum absolute atomic E-state index is 10.6. The van der Waals surface area contributed by atoms with Crippen LogP contribution >= 0.6 is 0 Å². The highest BCUT2D eigenvalue weighted by atomic mass is 16.3. The summed E-state index contributed by atoms with van der Waals surface area (Å²) in [6.07, 6.45) is 6.68. The molecular formula is C18H30O. The topological polar surface area (TPSA) is 20.2 Å². The molecule has 1 aromatic rings. The van der Waals surface area contributed by atoms with Gasteiger partial charge >= 0.3 is 0 Å². The van der Waals surface area contributed by atoms with Gasteiger partial charge in [-0.1, -0.05) is 58.7 Å². The highest BCUT2D eigenvalue weighted by Gasteiger charge is 2.19. The fraction of sp³-hybridized carbons (Fsp3) is 0.667. The Morgan fingerprint density at radius 3 is 1.79 bits per heavy atom. The second kappa shape index (κ2) is 8.37. The molecule has 0 radical (unpaired) electrons. The minimum absolute atomic E-state index is 0.281. The predicted molar refractivity (Wildman–Crippen MR) is 83.5 cm³/mol. The van der Waals surface area contributed by atoms with Crippen LogP contribution in [0.2, 0.25) is 0 Å². The van der Waals surface area contributed by atoms with Crippen LogP contribution in [-0.4, -0.2) is 5.11 Å². The van der Waals surface area contributed by atoms with E-state index in [1.807, 2.05) is 0 Å².